The van der Waals surface area contributed by atoms with E-state index in [1.165, 1.54) is 0 Å². The van der Waals surface area contributed by atoms with Crippen molar-refractivity contribution in [3.63, 3.8) is 0 Å². The second kappa shape index (κ2) is 4.80. The molecule has 5 heterocycles. The van der Waals surface area contributed by atoms with Crippen molar-refractivity contribution in [2.24, 2.45) is 11.8 Å². The van der Waals surface area contributed by atoms with E-state index >= 15 is 0 Å². The second-order valence-electron chi connectivity index (χ2n) is 7.49. The lowest BCUT2D eigenvalue weighted by Crippen LogP contribution is -2.38. The first kappa shape index (κ1) is 14.4. The van der Waals surface area contributed by atoms with Crippen LogP contribution >= 0.6 is 0 Å². The number of likely N-dealkylation sites (tertiary alicyclic amines) is 1. The molecule has 3 saturated heterocycles. The minimum absolute atomic E-state index is 0.0152. The summed E-state index contributed by atoms with van der Waals surface area (Å²) in [6.45, 7) is 3.46. The van der Waals surface area contributed by atoms with E-state index < -0.39 is 0 Å². The maximum Gasteiger partial charge on any atom is 0.257 e. The van der Waals surface area contributed by atoms with E-state index in [0.29, 0.717) is 18.7 Å². The standard InChI is InChI=1S/C18H21N3O3/c1-11-2-3-15-12(6-19-21(15)7-11)17(23)20-8-14-13(9-22)16-4-5-18(14,10-20)24-16/h2-3,6-7,13-14,16,22H,4-5,8-10H2,1H3/t13-,14+,16+,18+/m1/s1. The number of ether oxygens (including phenoxy) is 1. The third-order valence-corrected chi connectivity index (χ3v) is 6.18. The van der Waals surface area contributed by atoms with Gasteiger partial charge in [-0.3, -0.25) is 4.79 Å². The Bertz CT molecular complexity index is 832. The van der Waals surface area contributed by atoms with Gasteiger partial charge in [0.05, 0.1) is 35.5 Å². The van der Waals surface area contributed by atoms with Crippen molar-refractivity contribution in [1.29, 1.82) is 0 Å². The molecule has 1 amide bonds. The molecule has 126 valence electrons. The zero-order chi connectivity index (χ0) is 16.5. The summed E-state index contributed by atoms with van der Waals surface area (Å²) in [6.07, 6.45) is 5.76. The number of hydrogen-bond donors (Lipinski definition) is 1. The molecular weight excluding hydrogens is 306 g/mol. The topological polar surface area (TPSA) is 67.1 Å². The van der Waals surface area contributed by atoms with E-state index in [-0.39, 0.29) is 36.1 Å². The van der Waals surface area contributed by atoms with Crippen LogP contribution in [0.25, 0.3) is 5.52 Å². The van der Waals surface area contributed by atoms with Crippen LogP contribution in [-0.4, -0.2) is 56.9 Å². The number of aryl methyl sites for hydroxylation is 1. The van der Waals surface area contributed by atoms with Gasteiger partial charge < -0.3 is 14.7 Å². The van der Waals surface area contributed by atoms with Gasteiger partial charge in [0.25, 0.3) is 5.91 Å². The van der Waals surface area contributed by atoms with Crippen LogP contribution in [0.3, 0.4) is 0 Å². The molecular formula is C18H21N3O3. The molecule has 2 aromatic rings. The average Bonchev–Trinajstić information content (AvgIpc) is 3.31. The molecule has 5 rings (SSSR count). The van der Waals surface area contributed by atoms with E-state index in [0.717, 1.165) is 23.9 Å². The predicted octanol–water partition coefficient (Wildman–Crippen LogP) is 1.25. The van der Waals surface area contributed by atoms with Crippen LogP contribution in [0.2, 0.25) is 0 Å². The molecule has 2 aromatic heterocycles. The van der Waals surface area contributed by atoms with Gasteiger partial charge in [-0.25, -0.2) is 4.52 Å². The number of fused-ring (bicyclic) bond motifs is 2. The maximum absolute atomic E-state index is 13.1. The molecule has 4 atom stereocenters. The maximum atomic E-state index is 13.1. The molecule has 0 unspecified atom stereocenters. The number of rotatable bonds is 2. The largest absolute Gasteiger partial charge is 0.396 e. The van der Waals surface area contributed by atoms with Gasteiger partial charge in [0.15, 0.2) is 0 Å². The van der Waals surface area contributed by atoms with E-state index in [9.17, 15) is 9.90 Å². The third-order valence-electron chi connectivity index (χ3n) is 6.18. The SMILES string of the molecule is Cc1ccc2c(C(=O)N3C[C@H]4[C@@H](CO)[C@@H]5CC[C@@]4(C3)O5)cnn2c1. The monoisotopic (exact) mass is 327 g/mol. The molecule has 3 fully saturated rings. The molecule has 1 spiro atoms. The number of aliphatic hydroxyl groups excluding tert-OH is 1. The van der Waals surface area contributed by atoms with Crippen LogP contribution in [0.5, 0.6) is 0 Å². The van der Waals surface area contributed by atoms with Gasteiger partial charge in [-0.15, -0.1) is 0 Å². The zero-order valence-corrected chi connectivity index (χ0v) is 13.7. The molecule has 6 nitrogen and oxygen atoms in total. The highest BCUT2D eigenvalue weighted by molar-refractivity contribution is 6.00. The highest BCUT2D eigenvalue weighted by atomic mass is 16.5. The predicted molar refractivity (Wildman–Crippen MR) is 86.7 cm³/mol. The normalized spacial score (nSPS) is 34.2. The number of aliphatic hydroxyl groups is 1. The lowest BCUT2D eigenvalue weighted by Gasteiger charge is -2.27. The van der Waals surface area contributed by atoms with Crippen LogP contribution in [0.15, 0.2) is 24.5 Å². The Morgan fingerprint density at radius 1 is 1.50 bits per heavy atom. The Kier molecular flexibility index (Phi) is 2.89. The van der Waals surface area contributed by atoms with Gasteiger partial charge in [-0.2, -0.15) is 5.10 Å². The molecule has 3 aliphatic heterocycles. The molecule has 0 saturated carbocycles. The molecule has 2 bridgehead atoms. The highest BCUT2D eigenvalue weighted by Crippen LogP contribution is 2.54. The third kappa shape index (κ3) is 1.78. The fraction of sp³-hybridized carbons (Fsp3) is 0.556. The summed E-state index contributed by atoms with van der Waals surface area (Å²) in [5, 5.41) is 14.0. The number of carbonyl (C=O) groups is 1. The quantitative estimate of drug-likeness (QED) is 0.902. The smallest absolute Gasteiger partial charge is 0.257 e. The summed E-state index contributed by atoms with van der Waals surface area (Å²) in [5.41, 5.74) is 2.36. The number of aromatic nitrogens is 2. The van der Waals surface area contributed by atoms with Gasteiger partial charge in [-0.1, -0.05) is 6.07 Å². The first-order valence-electron chi connectivity index (χ1n) is 8.63. The van der Waals surface area contributed by atoms with Crippen LogP contribution < -0.4 is 0 Å². The number of amides is 1. The van der Waals surface area contributed by atoms with Gasteiger partial charge in [0, 0.05) is 31.2 Å². The fourth-order valence-corrected chi connectivity index (χ4v) is 5.01. The lowest BCUT2D eigenvalue weighted by molar-refractivity contribution is 0.00156. The van der Waals surface area contributed by atoms with Gasteiger partial charge in [0.2, 0.25) is 0 Å². The van der Waals surface area contributed by atoms with Crippen molar-refractivity contribution < 1.29 is 14.6 Å². The number of nitrogens with zero attached hydrogens (tertiary/aromatic N) is 3. The summed E-state index contributed by atoms with van der Waals surface area (Å²) in [4.78, 5) is 15.0. The molecule has 6 heteroatoms. The van der Waals surface area contributed by atoms with E-state index in [1.54, 1.807) is 10.7 Å². The van der Waals surface area contributed by atoms with Crippen LogP contribution in [0, 0.1) is 18.8 Å². The van der Waals surface area contributed by atoms with Gasteiger partial charge >= 0.3 is 0 Å². The minimum Gasteiger partial charge on any atom is -0.396 e. The Morgan fingerprint density at radius 2 is 2.38 bits per heavy atom. The first-order chi connectivity index (χ1) is 11.6. The van der Waals surface area contributed by atoms with Crippen LogP contribution in [0.4, 0.5) is 0 Å². The Balaban J connectivity index is 1.46. The summed E-state index contributed by atoms with van der Waals surface area (Å²) >= 11 is 0. The van der Waals surface area contributed by atoms with Crippen LogP contribution in [0.1, 0.15) is 28.8 Å². The number of carbonyl (C=O) groups excluding carboxylic acids is 1. The molecule has 0 aliphatic carbocycles. The summed E-state index contributed by atoms with van der Waals surface area (Å²) < 4.78 is 7.97. The number of hydrogen-bond acceptors (Lipinski definition) is 4. The lowest BCUT2D eigenvalue weighted by atomic mass is 9.74. The van der Waals surface area contributed by atoms with Crippen molar-refractivity contribution in [3.8, 4) is 0 Å². The van der Waals surface area contributed by atoms with Crippen molar-refractivity contribution in [3.05, 3.63) is 35.7 Å². The van der Waals surface area contributed by atoms with Crippen molar-refractivity contribution >= 4 is 11.4 Å². The average molecular weight is 327 g/mol. The summed E-state index contributed by atoms with van der Waals surface area (Å²) in [5.74, 6) is 0.443. The Hall–Kier alpha value is -1.92. The Labute approximate surface area is 140 Å². The first-order valence-corrected chi connectivity index (χ1v) is 8.63. The fourth-order valence-electron chi connectivity index (χ4n) is 5.01. The van der Waals surface area contributed by atoms with Crippen molar-refractivity contribution in [2.45, 2.75) is 31.5 Å². The molecule has 0 radical (unpaired) electrons. The summed E-state index contributed by atoms with van der Waals surface area (Å²) in [6, 6.07) is 3.95. The molecule has 3 aliphatic rings. The van der Waals surface area contributed by atoms with Crippen LogP contribution in [-0.2, 0) is 4.74 Å². The molecule has 24 heavy (non-hydrogen) atoms. The minimum atomic E-state index is -0.229. The molecule has 0 aromatic carbocycles. The summed E-state index contributed by atoms with van der Waals surface area (Å²) in [7, 11) is 0. The Morgan fingerprint density at radius 3 is 3.21 bits per heavy atom. The molecule has 1 N–H and O–H groups in total. The van der Waals surface area contributed by atoms with E-state index in [2.05, 4.69) is 5.10 Å². The zero-order valence-electron chi connectivity index (χ0n) is 13.7. The number of pyridine rings is 1. The van der Waals surface area contributed by atoms with Crippen molar-refractivity contribution in [1.82, 2.24) is 14.5 Å². The van der Waals surface area contributed by atoms with E-state index in [4.69, 9.17) is 4.74 Å². The van der Waals surface area contributed by atoms with Crippen molar-refractivity contribution in [2.75, 3.05) is 19.7 Å². The van der Waals surface area contributed by atoms with Gasteiger partial charge in [-0.05, 0) is 31.4 Å². The van der Waals surface area contributed by atoms with E-state index in [1.807, 2.05) is 30.2 Å². The highest BCUT2D eigenvalue weighted by Gasteiger charge is 2.63. The van der Waals surface area contributed by atoms with Gasteiger partial charge in [0.1, 0.15) is 0 Å². The second-order valence-corrected chi connectivity index (χ2v) is 7.49.